The van der Waals surface area contributed by atoms with E-state index in [2.05, 4.69) is 15.9 Å². The lowest BCUT2D eigenvalue weighted by Gasteiger charge is -2.20. The summed E-state index contributed by atoms with van der Waals surface area (Å²) < 4.78 is 27.5. The van der Waals surface area contributed by atoms with Gasteiger partial charge >= 0.3 is 0 Å². The highest BCUT2D eigenvalue weighted by molar-refractivity contribution is 9.10. The summed E-state index contributed by atoms with van der Waals surface area (Å²) in [6.45, 7) is 2.21. The largest absolute Gasteiger partial charge is 0.369 e. The molecule has 2 heterocycles. The van der Waals surface area contributed by atoms with Crippen LogP contribution in [0.15, 0.2) is 20.1 Å². The fourth-order valence-electron chi connectivity index (χ4n) is 2.15. The number of thiophene rings is 1. The minimum atomic E-state index is -3.46. The molecule has 0 aliphatic carbocycles. The second kappa shape index (κ2) is 6.52. The number of amides is 1. The number of hydrogen-bond donors (Lipinski definition) is 1. The van der Waals surface area contributed by atoms with Crippen molar-refractivity contribution in [1.29, 1.82) is 0 Å². The van der Waals surface area contributed by atoms with Crippen LogP contribution < -0.4 is 5.73 Å². The van der Waals surface area contributed by atoms with E-state index in [9.17, 15) is 13.2 Å². The number of carbonyl (C=O) groups is 1. The lowest BCUT2D eigenvalue weighted by atomic mass is 10.4. The second-order valence-corrected chi connectivity index (χ2v) is 8.46. The minimum Gasteiger partial charge on any atom is -0.369 e. The lowest BCUT2D eigenvalue weighted by Crippen LogP contribution is -2.38. The first-order valence-electron chi connectivity index (χ1n) is 6.15. The summed E-state index contributed by atoms with van der Waals surface area (Å²) in [6, 6.07) is 1.73. The highest BCUT2D eigenvalue weighted by Gasteiger charge is 2.29. The van der Waals surface area contributed by atoms with E-state index in [1.165, 1.54) is 15.6 Å². The maximum Gasteiger partial charge on any atom is 0.253 e. The van der Waals surface area contributed by atoms with Crippen LogP contribution in [-0.4, -0.2) is 56.3 Å². The van der Waals surface area contributed by atoms with Crippen LogP contribution in [-0.2, 0) is 14.8 Å². The molecule has 1 amide bonds. The normalized spacial score (nSPS) is 18.9. The maximum atomic E-state index is 12.5. The number of primary amides is 1. The molecule has 0 spiro atoms. The molecule has 0 unspecified atom stereocenters. The number of nitrogens with zero attached hydrogens (tertiary/aromatic N) is 2. The van der Waals surface area contributed by atoms with Gasteiger partial charge in [-0.1, -0.05) is 0 Å². The van der Waals surface area contributed by atoms with Crippen LogP contribution in [0, 0.1) is 0 Å². The molecule has 1 aromatic heterocycles. The van der Waals surface area contributed by atoms with Crippen molar-refractivity contribution in [1.82, 2.24) is 9.21 Å². The van der Waals surface area contributed by atoms with Crippen molar-refractivity contribution in [2.24, 2.45) is 5.73 Å². The zero-order chi connectivity index (χ0) is 14.8. The first-order valence-corrected chi connectivity index (χ1v) is 9.26. The quantitative estimate of drug-likeness (QED) is 0.831. The SMILES string of the molecule is NC(=O)CN1CCCN(S(=O)(=O)c2sccc2Br)CC1. The molecule has 0 bridgehead atoms. The molecule has 0 atom stereocenters. The lowest BCUT2D eigenvalue weighted by molar-refractivity contribution is -0.119. The van der Waals surface area contributed by atoms with E-state index in [1.807, 2.05) is 4.90 Å². The summed E-state index contributed by atoms with van der Waals surface area (Å²) in [7, 11) is -3.46. The van der Waals surface area contributed by atoms with Gasteiger partial charge in [-0.25, -0.2) is 8.42 Å². The second-order valence-electron chi connectivity index (χ2n) is 4.56. The summed E-state index contributed by atoms with van der Waals surface area (Å²) in [5.74, 6) is -0.387. The molecule has 1 fully saturated rings. The third-order valence-electron chi connectivity index (χ3n) is 3.09. The smallest absolute Gasteiger partial charge is 0.253 e. The van der Waals surface area contributed by atoms with Gasteiger partial charge in [0, 0.05) is 24.1 Å². The molecular weight excluding hydrogens is 366 g/mol. The Morgan fingerprint density at radius 2 is 2.10 bits per heavy atom. The van der Waals surface area contributed by atoms with E-state index in [4.69, 9.17) is 5.73 Å². The van der Waals surface area contributed by atoms with Gasteiger partial charge in [-0.15, -0.1) is 11.3 Å². The Morgan fingerprint density at radius 3 is 2.70 bits per heavy atom. The van der Waals surface area contributed by atoms with Crippen molar-refractivity contribution in [3.05, 3.63) is 15.9 Å². The van der Waals surface area contributed by atoms with Crippen molar-refractivity contribution >= 4 is 43.2 Å². The molecule has 112 valence electrons. The highest BCUT2D eigenvalue weighted by Crippen LogP contribution is 2.30. The average molecular weight is 382 g/mol. The summed E-state index contributed by atoms with van der Waals surface area (Å²) in [5, 5.41) is 1.74. The Balaban J connectivity index is 2.11. The Bertz CT molecular complexity index is 587. The van der Waals surface area contributed by atoms with Crippen LogP contribution in [0.5, 0.6) is 0 Å². The van der Waals surface area contributed by atoms with Gasteiger partial charge in [-0.3, -0.25) is 9.69 Å². The molecule has 6 nitrogen and oxygen atoms in total. The van der Waals surface area contributed by atoms with Gasteiger partial charge in [0.15, 0.2) is 0 Å². The molecule has 1 aromatic rings. The van der Waals surface area contributed by atoms with Crippen molar-refractivity contribution in [2.75, 3.05) is 32.7 Å². The molecule has 0 radical (unpaired) electrons. The summed E-state index contributed by atoms with van der Waals surface area (Å²) in [4.78, 5) is 12.8. The van der Waals surface area contributed by atoms with Crippen LogP contribution in [0.4, 0.5) is 0 Å². The van der Waals surface area contributed by atoms with E-state index in [0.29, 0.717) is 41.3 Å². The number of nitrogens with two attached hydrogens (primary N) is 1. The predicted molar refractivity (Wildman–Crippen MR) is 81.0 cm³/mol. The Morgan fingerprint density at radius 1 is 1.35 bits per heavy atom. The maximum absolute atomic E-state index is 12.5. The van der Waals surface area contributed by atoms with Crippen LogP contribution >= 0.6 is 27.3 Å². The van der Waals surface area contributed by atoms with Gasteiger partial charge in [0.1, 0.15) is 4.21 Å². The van der Waals surface area contributed by atoms with Crippen LogP contribution in [0.2, 0.25) is 0 Å². The van der Waals surface area contributed by atoms with Crippen molar-refractivity contribution in [2.45, 2.75) is 10.6 Å². The summed E-state index contributed by atoms with van der Waals surface area (Å²) >= 11 is 4.47. The van der Waals surface area contributed by atoms with Gasteiger partial charge < -0.3 is 5.73 Å². The van der Waals surface area contributed by atoms with Gasteiger partial charge in [-0.05, 0) is 40.3 Å². The van der Waals surface area contributed by atoms with E-state index in [0.717, 1.165) is 0 Å². The molecule has 1 aliphatic rings. The Kier molecular flexibility index (Phi) is 5.19. The molecule has 1 saturated heterocycles. The molecule has 20 heavy (non-hydrogen) atoms. The van der Waals surface area contributed by atoms with Gasteiger partial charge in [0.2, 0.25) is 5.91 Å². The molecule has 0 aromatic carbocycles. The highest BCUT2D eigenvalue weighted by atomic mass is 79.9. The monoisotopic (exact) mass is 381 g/mol. The number of carbonyl (C=O) groups excluding carboxylic acids is 1. The zero-order valence-corrected chi connectivity index (χ0v) is 14.0. The summed E-state index contributed by atoms with van der Waals surface area (Å²) in [6.07, 6.45) is 0.690. The van der Waals surface area contributed by atoms with Gasteiger partial charge in [0.05, 0.1) is 6.54 Å². The van der Waals surface area contributed by atoms with Crippen molar-refractivity contribution in [3.63, 3.8) is 0 Å². The van der Waals surface area contributed by atoms with Crippen LogP contribution in [0.25, 0.3) is 0 Å². The Hall–Kier alpha value is -0.480. The fraction of sp³-hybridized carbons (Fsp3) is 0.545. The van der Waals surface area contributed by atoms with Gasteiger partial charge in [0.25, 0.3) is 10.0 Å². The Labute approximate surface area is 130 Å². The van der Waals surface area contributed by atoms with E-state index in [-0.39, 0.29) is 12.5 Å². The molecular formula is C11H16BrN3O3S2. The molecule has 9 heteroatoms. The van der Waals surface area contributed by atoms with Gasteiger partial charge in [-0.2, -0.15) is 4.31 Å². The van der Waals surface area contributed by atoms with Crippen molar-refractivity contribution in [3.8, 4) is 0 Å². The van der Waals surface area contributed by atoms with E-state index in [1.54, 1.807) is 11.4 Å². The number of sulfonamides is 1. The number of hydrogen-bond acceptors (Lipinski definition) is 5. The molecule has 0 saturated carbocycles. The first-order chi connectivity index (χ1) is 9.41. The predicted octanol–water partition coefficient (Wildman–Crippen LogP) is 0.692. The van der Waals surface area contributed by atoms with Crippen molar-refractivity contribution < 1.29 is 13.2 Å². The molecule has 1 aliphatic heterocycles. The first kappa shape index (κ1) is 15.9. The zero-order valence-electron chi connectivity index (χ0n) is 10.8. The minimum absolute atomic E-state index is 0.177. The van der Waals surface area contributed by atoms with E-state index < -0.39 is 10.0 Å². The van der Waals surface area contributed by atoms with E-state index >= 15 is 0 Å². The number of rotatable bonds is 4. The third-order valence-corrected chi connectivity index (χ3v) is 7.63. The topological polar surface area (TPSA) is 83.7 Å². The number of halogens is 1. The fourth-order valence-corrected chi connectivity index (χ4v) is 6.07. The van der Waals surface area contributed by atoms with Crippen LogP contribution in [0.1, 0.15) is 6.42 Å². The molecule has 2 rings (SSSR count). The van der Waals surface area contributed by atoms with Crippen LogP contribution in [0.3, 0.4) is 0 Å². The standard InChI is InChI=1S/C11H16BrN3O3S2/c12-9-2-7-19-11(9)20(17,18)15-4-1-3-14(5-6-15)8-10(13)16/h2,7H,1,3-6,8H2,(H2,13,16). The third kappa shape index (κ3) is 3.59. The average Bonchev–Trinajstić information content (AvgIpc) is 2.65. The summed E-state index contributed by atoms with van der Waals surface area (Å²) in [5.41, 5.74) is 5.17. The molecule has 2 N–H and O–H groups in total.